The van der Waals surface area contributed by atoms with Gasteiger partial charge in [-0.1, -0.05) is 6.07 Å². The number of carbonyl (C=O) groups excluding carboxylic acids is 1. The van der Waals surface area contributed by atoms with E-state index in [2.05, 4.69) is 10.3 Å². The number of nitrogens with one attached hydrogen (secondary N) is 1. The minimum atomic E-state index is -0.256. The molecule has 1 amide bonds. The average molecular weight is 421 g/mol. The Morgan fingerprint density at radius 1 is 1.19 bits per heavy atom. The van der Waals surface area contributed by atoms with Crippen LogP contribution in [0.25, 0.3) is 10.9 Å². The zero-order valence-corrected chi connectivity index (χ0v) is 17.8. The Morgan fingerprint density at radius 2 is 2.00 bits per heavy atom. The van der Waals surface area contributed by atoms with Gasteiger partial charge in [0.15, 0.2) is 0 Å². The highest BCUT2D eigenvalue weighted by molar-refractivity contribution is 6.05. The first-order valence-corrected chi connectivity index (χ1v) is 11.1. The van der Waals surface area contributed by atoms with Gasteiger partial charge in [0, 0.05) is 23.3 Å². The van der Waals surface area contributed by atoms with Gasteiger partial charge in [-0.05, 0) is 69.6 Å². The largest absolute Gasteiger partial charge is 0.491 e. The van der Waals surface area contributed by atoms with Gasteiger partial charge in [0.05, 0.1) is 30.0 Å². The van der Waals surface area contributed by atoms with Crippen LogP contribution in [0.5, 0.6) is 5.75 Å². The fraction of sp³-hybridized carbons (Fsp3) is 0.458. The second-order valence-electron chi connectivity index (χ2n) is 8.85. The summed E-state index contributed by atoms with van der Waals surface area (Å²) in [7, 11) is 0. The molecule has 7 heteroatoms. The maximum atomic E-state index is 12.8. The van der Waals surface area contributed by atoms with Gasteiger partial charge in [-0.2, -0.15) is 5.10 Å². The number of aliphatic hydroxyl groups excluding tert-OH is 1. The molecule has 162 valence electrons. The molecule has 0 saturated heterocycles. The molecular formula is C24H28N4O3. The quantitative estimate of drug-likeness (QED) is 0.622. The van der Waals surface area contributed by atoms with E-state index in [0.29, 0.717) is 35.7 Å². The van der Waals surface area contributed by atoms with Gasteiger partial charge in [-0.25, -0.2) is 4.98 Å². The van der Waals surface area contributed by atoms with E-state index in [1.54, 1.807) is 6.07 Å². The lowest BCUT2D eigenvalue weighted by Crippen LogP contribution is -2.21. The molecule has 2 aromatic heterocycles. The minimum absolute atomic E-state index is 0.194. The smallest absolute Gasteiger partial charge is 0.274 e. The zero-order valence-electron chi connectivity index (χ0n) is 17.8. The molecule has 0 spiro atoms. The molecule has 0 unspecified atom stereocenters. The van der Waals surface area contributed by atoms with Crippen LogP contribution in [0.1, 0.15) is 60.7 Å². The van der Waals surface area contributed by atoms with Crippen molar-refractivity contribution in [3.8, 4) is 5.75 Å². The van der Waals surface area contributed by atoms with Crippen molar-refractivity contribution in [3.63, 3.8) is 0 Å². The van der Waals surface area contributed by atoms with E-state index < -0.39 is 0 Å². The number of anilines is 1. The summed E-state index contributed by atoms with van der Waals surface area (Å²) in [6.07, 6.45) is 7.68. The van der Waals surface area contributed by atoms with E-state index in [1.165, 1.54) is 12.8 Å². The maximum absolute atomic E-state index is 12.8. The third kappa shape index (κ3) is 4.56. The summed E-state index contributed by atoms with van der Waals surface area (Å²) in [4.78, 5) is 17.1. The Morgan fingerprint density at radius 3 is 2.74 bits per heavy atom. The Balaban J connectivity index is 1.44. The first-order valence-electron chi connectivity index (χ1n) is 11.1. The van der Waals surface area contributed by atoms with E-state index in [1.807, 2.05) is 42.1 Å². The highest BCUT2D eigenvalue weighted by Crippen LogP contribution is 2.35. The summed E-state index contributed by atoms with van der Waals surface area (Å²) in [6, 6.07) is 9.56. The lowest BCUT2D eigenvalue weighted by atomic mass is 9.93. The summed E-state index contributed by atoms with van der Waals surface area (Å²) < 4.78 is 8.09. The Hall–Kier alpha value is -2.93. The van der Waals surface area contributed by atoms with E-state index in [9.17, 15) is 9.90 Å². The average Bonchev–Trinajstić information content (AvgIpc) is 3.50. The van der Waals surface area contributed by atoms with Crippen LogP contribution in [-0.2, 0) is 0 Å². The number of amides is 1. The van der Waals surface area contributed by atoms with E-state index in [0.717, 1.165) is 42.3 Å². The number of benzene rings is 1. The highest BCUT2D eigenvalue weighted by atomic mass is 16.5. The van der Waals surface area contributed by atoms with Gasteiger partial charge in [-0.3, -0.25) is 9.48 Å². The van der Waals surface area contributed by atoms with E-state index >= 15 is 0 Å². The van der Waals surface area contributed by atoms with Crippen LogP contribution >= 0.6 is 0 Å². The molecule has 2 saturated carbocycles. The number of nitrogens with zero attached hydrogens (tertiary/aromatic N) is 3. The third-order valence-corrected chi connectivity index (χ3v) is 6.20. The second kappa shape index (κ2) is 8.30. The Labute approximate surface area is 181 Å². The standard InChI is InChI=1S/C24H28N4O3/c1-15-3-2-4-20(25-15)24(30)26-22-11-17-13-28(18-7-9-19(29)10-8-18)27-21(17)12-23(22)31-14-16-5-6-16/h2-4,11-13,16,18-19,29H,5-10,14H2,1H3,(H,26,30)/t18-,19+. The first-order chi connectivity index (χ1) is 15.0. The third-order valence-electron chi connectivity index (χ3n) is 6.20. The molecular weight excluding hydrogens is 392 g/mol. The van der Waals surface area contributed by atoms with E-state index in [4.69, 9.17) is 9.84 Å². The van der Waals surface area contributed by atoms with Gasteiger partial charge < -0.3 is 15.2 Å². The van der Waals surface area contributed by atoms with Gasteiger partial charge in [0.1, 0.15) is 11.4 Å². The Kier molecular flexibility index (Phi) is 5.36. The summed E-state index contributed by atoms with van der Waals surface area (Å²) >= 11 is 0. The normalized spacial score (nSPS) is 21.2. The van der Waals surface area contributed by atoms with Crippen LogP contribution in [0.4, 0.5) is 5.69 Å². The molecule has 3 aromatic rings. The number of hydrogen-bond acceptors (Lipinski definition) is 5. The number of aliphatic hydroxyl groups is 1. The fourth-order valence-electron chi connectivity index (χ4n) is 4.15. The van der Waals surface area contributed by atoms with Gasteiger partial charge >= 0.3 is 0 Å². The summed E-state index contributed by atoms with van der Waals surface area (Å²) in [5.74, 6) is 0.988. The van der Waals surface area contributed by atoms with Crippen LogP contribution in [0, 0.1) is 12.8 Å². The van der Waals surface area contributed by atoms with Crippen molar-refractivity contribution in [1.29, 1.82) is 0 Å². The summed E-state index contributed by atoms with van der Waals surface area (Å²) in [5, 5.41) is 18.5. The number of hydrogen-bond donors (Lipinski definition) is 2. The molecule has 2 fully saturated rings. The SMILES string of the molecule is Cc1cccc(C(=O)Nc2cc3cn([C@H]4CC[C@@H](O)CC4)nc3cc2OCC2CC2)n1. The molecule has 1 aromatic carbocycles. The number of pyridine rings is 1. The van der Waals surface area contributed by atoms with Gasteiger partial charge in [0.25, 0.3) is 5.91 Å². The molecule has 2 aliphatic carbocycles. The number of ether oxygens (including phenoxy) is 1. The molecule has 0 bridgehead atoms. The lowest BCUT2D eigenvalue weighted by molar-refractivity contribution is 0.102. The van der Waals surface area contributed by atoms with Crippen molar-refractivity contribution < 1.29 is 14.6 Å². The summed E-state index contributed by atoms with van der Waals surface area (Å²) in [6.45, 7) is 2.52. The van der Waals surface area contributed by atoms with Crippen molar-refractivity contribution in [1.82, 2.24) is 14.8 Å². The minimum Gasteiger partial charge on any atom is -0.491 e. The predicted molar refractivity (Wildman–Crippen MR) is 118 cm³/mol. The van der Waals surface area contributed by atoms with Crippen molar-refractivity contribution in [2.75, 3.05) is 11.9 Å². The molecule has 0 atom stereocenters. The van der Waals surface area contributed by atoms with E-state index in [-0.39, 0.29) is 12.0 Å². The molecule has 0 radical (unpaired) electrons. The van der Waals surface area contributed by atoms with Crippen molar-refractivity contribution in [2.45, 2.75) is 57.6 Å². The lowest BCUT2D eigenvalue weighted by Gasteiger charge is -2.25. The van der Waals surface area contributed by atoms with Crippen molar-refractivity contribution in [3.05, 3.63) is 47.9 Å². The van der Waals surface area contributed by atoms with Crippen LogP contribution in [0.15, 0.2) is 36.5 Å². The first kappa shape index (κ1) is 20.0. The number of carbonyl (C=O) groups is 1. The van der Waals surface area contributed by atoms with Crippen LogP contribution in [0.3, 0.4) is 0 Å². The zero-order chi connectivity index (χ0) is 21.4. The molecule has 2 N–H and O–H groups in total. The molecule has 0 aliphatic heterocycles. The molecule has 2 aliphatic rings. The highest BCUT2D eigenvalue weighted by Gasteiger charge is 2.24. The summed E-state index contributed by atoms with van der Waals surface area (Å²) in [5.41, 5.74) is 2.67. The second-order valence-corrected chi connectivity index (χ2v) is 8.85. The van der Waals surface area contributed by atoms with Crippen LogP contribution < -0.4 is 10.1 Å². The number of aromatic nitrogens is 3. The number of aryl methyl sites for hydroxylation is 1. The molecule has 5 rings (SSSR count). The topological polar surface area (TPSA) is 89.3 Å². The molecule has 7 nitrogen and oxygen atoms in total. The van der Waals surface area contributed by atoms with Crippen LogP contribution in [-0.4, -0.2) is 38.5 Å². The van der Waals surface area contributed by atoms with Crippen molar-refractivity contribution in [2.24, 2.45) is 5.92 Å². The Bertz CT molecular complexity index is 1100. The maximum Gasteiger partial charge on any atom is 0.274 e. The number of fused-ring (bicyclic) bond motifs is 1. The van der Waals surface area contributed by atoms with Gasteiger partial charge in [-0.15, -0.1) is 0 Å². The van der Waals surface area contributed by atoms with Crippen LogP contribution in [0.2, 0.25) is 0 Å². The number of rotatable bonds is 6. The van der Waals surface area contributed by atoms with Gasteiger partial charge in [0.2, 0.25) is 0 Å². The monoisotopic (exact) mass is 420 g/mol. The predicted octanol–water partition coefficient (Wildman–Crippen LogP) is 4.26. The molecule has 2 heterocycles. The molecule has 31 heavy (non-hydrogen) atoms. The van der Waals surface area contributed by atoms with Crippen molar-refractivity contribution >= 4 is 22.5 Å². The fourth-order valence-corrected chi connectivity index (χ4v) is 4.15.